The highest BCUT2D eigenvalue weighted by molar-refractivity contribution is 7.26. The Morgan fingerprint density at radius 3 is 1.89 bits per heavy atom. The lowest BCUT2D eigenvalue weighted by atomic mass is 10.1. The van der Waals surface area contributed by atoms with Gasteiger partial charge in [-0.05, 0) is 61.5 Å². The monoisotopic (exact) mass is 593 g/mol. The van der Waals surface area contributed by atoms with Gasteiger partial charge in [-0.15, -0.1) is 11.3 Å². The molecule has 3 heterocycles. The van der Waals surface area contributed by atoms with E-state index in [4.69, 9.17) is 9.97 Å². The van der Waals surface area contributed by atoms with Crippen molar-refractivity contribution in [2.75, 3.05) is 0 Å². The first-order valence-corrected chi connectivity index (χ1v) is 16.0. The average Bonchev–Trinajstić information content (AvgIpc) is 3.64. The fraction of sp³-hybridized carbons (Fsp3) is 0.0244. The van der Waals surface area contributed by atoms with Crippen LogP contribution in [0.5, 0.6) is 0 Å². The van der Waals surface area contributed by atoms with E-state index in [9.17, 15) is 0 Å². The van der Waals surface area contributed by atoms with Crippen molar-refractivity contribution in [3.63, 3.8) is 0 Å². The zero-order chi connectivity index (χ0) is 29.9. The van der Waals surface area contributed by atoms with Crippen molar-refractivity contribution < 1.29 is 0 Å². The lowest BCUT2D eigenvalue weighted by Crippen LogP contribution is -1.97. The van der Waals surface area contributed by atoms with Crippen LogP contribution in [0.25, 0.3) is 81.6 Å². The number of aromatic nitrogens is 3. The van der Waals surface area contributed by atoms with Gasteiger partial charge in [-0.1, -0.05) is 96.6 Å². The molecule has 0 aliphatic rings. The molecule has 6 aromatic carbocycles. The third-order valence-corrected chi connectivity index (χ3v) is 9.81. The Kier molecular flexibility index (Phi) is 5.90. The maximum absolute atomic E-state index is 5.05. The fourth-order valence-corrected chi connectivity index (χ4v) is 7.66. The summed E-state index contributed by atoms with van der Waals surface area (Å²) in [5, 5.41) is 5.18. The van der Waals surface area contributed by atoms with E-state index < -0.39 is 0 Å². The number of nitrogens with zero attached hydrogens (tertiary/aromatic N) is 3. The third-order valence-electron chi connectivity index (χ3n) is 8.67. The van der Waals surface area contributed by atoms with E-state index in [-0.39, 0.29) is 0 Å². The van der Waals surface area contributed by atoms with Crippen molar-refractivity contribution in [1.82, 2.24) is 14.5 Å². The van der Waals surface area contributed by atoms with Crippen LogP contribution in [-0.4, -0.2) is 14.5 Å². The van der Waals surface area contributed by atoms with Gasteiger partial charge in [0.1, 0.15) is 0 Å². The molecule has 0 radical (unpaired) electrons. The second-order valence-electron chi connectivity index (χ2n) is 11.5. The Morgan fingerprint density at radius 2 is 1.18 bits per heavy atom. The molecular weight excluding hydrogens is 567 g/mol. The number of benzene rings is 6. The van der Waals surface area contributed by atoms with E-state index in [1.807, 2.05) is 23.5 Å². The van der Waals surface area contributed by atoms with Gasteiger partial charge in [-0.3, -0.25) is 0 Å². The summed E-state index contributed by atoms with van der Waals surface area (Å²) in [6.45, 7) is 2.17. The van der Waals surface area contributed by atoms with E-state index in [0.29, 0.717) is 5.82 Å². The molecule has 3 aromatic heterocycles. The molecule has 0 aliphatic carbocycles. The molecule has 0 atom stereocenters. The smallest absolute Gasteiger partial charge is 0.160 e. The molecule has 4 heteroatoms. The van der Waals surface area contributed by atoms with Gasteiger partial charge in [0.25, 0.3) is 0 Å². The zero-order valence-electron chi connectivity index (χ0n) is 24.6. The molecule has 212 valence electrons. The summed E-state index contributed by atoms with van der Waals surface area (Å²) in [6, 6.07) is 51.6. The quantitative estimate of drug-likeness (QED) is 0.203. The first-order chi connectivity index (χ1) is 22.2. The van der Waals surface area contributed by atoms with Crippen LogP contribution >= 0.6 is 11.3 Å². The number of thiophene rings is 1. The van der Waals surface area contributed by atoms with Crippen LogP contribution in [0, 0.1) is 6.92 Å². The van der Waals surface area contributed by atoms with Crippen LogP contribution in [0.1, 0.15) is 5.56 Å². The van der Waals surface area contributed by atoms with E-state index in [1.54, 1.807) is 0 Å². The molecule has 0 amide bonds. The highest BCUT2D eigenvalue weighted by Gasteiger charge is 2.19. The lowest BCUT2D eigenvalue weighted by molar-refractivity contribution is 1.17. The Labute approximate surface area is 264 Å². The maximum atomic E-state index is 5.05. The minimum atomic E-state index is 0.714. The standard InChI is InChI=1S/C41H27N3S/c1-26-16-22-36-33(24-26)31-21-23-38-39(32-14-8-9-15-37(32)45-38)40(31)44(36)30-19-17-29(18-20-30)41-42-34(27-10-4-2-5-11-27)25-35(43-41)28-12-6-3-7-13-28/h2-25H,1H3. The molecule has 9 rings (SSSR count). The molecular formula is C41H27N3S. The summed E-state index contributed by atoms with van der Waals surface area (Å²) in [7, 11) is 0. The van der Waals surface area contributed by atoms with Crippen LogP contribution in [-0.2, 0) is 0 Å². The van der Waals surface area contributed by atoms with Gasteiger partial charge in [0, 0.05) is 53.3 Å². The fourth-order valence-electron chi connectivity index (χ4n) is 6.55. The summed E-state index contributed by atoms with van der Waals surface area (Å²) in [6.07, 6.45) is 0. The summed E-state index contributed by atoms with van der Waals surface area (Å²) in [5.41, 5.74) is 9.79. The Bertz CT molecular complexity index is 2470. The third kappa shape index (κ3) is 4.26. The average molecular weight is 594 g/mol. The highest BCUT2D eigenvalue weighted by atomic mass is 32.1. The number of hydrogen-bond acceptors (Lipinski definition) is 3. The van der Waals surface area contributed by atoms with Crippen molar-refractivity contribution in [3.8, 4) is 39.6 Å². The molecule has 0 fully saturated rings. The van der Waals surface area contributed by atoms with Gasteiger partial charge >= 0.3 is 0 Å². The second kappa shape index (κ2) is 10.3. The van der Waals surface area contributed by atoms with E-state index >= 15 is 0 Å². The van der Waals surface area contributed by atoms with Crippen molar-refractivity contribution >= 4 is 53.3 Å². The molecule has 0 unspecified atom stereocenters. The Morgan fingerprint density at radius 1 is 0.511 bits per heavy atom. The lowest BCUT2D eigenvalue weighted by Gasteiger charge is -2.12. The topological polar surface area (TPSA) is 30.7 Å². The Balaban J connectivity index is 1.25. The van der Waals surface area contributed by atoms with Crippen LogP contribution in [0.4, 0.5) is 0 Å². The predicted octanol–water partition coefficient (Wildman–Crippen LogP) is 11.3. The molecule has 9 aromatic rings. The van der Waals surface area contributed by atoms with E-state index in [1.165, 1.54) is 47.5 Å². The van der Waals surface area contributed by atoms with Gasteiger partial charge < -0.3 is 4.57 Å². The summed E-state index contributed by atoms with van der Waals surface area (Å²) < 4.78 is 5.06. The second-order valence-corrected chi connectivity index (χ2v) is 12.6. The molecule has 3 nitrogen and oxygen atoms in total. The van der Waals surface area contributed by atoms with Gasteiger partial charge in [-0.25, -0.2) is 9.97 Å². The summed E-state index contributed by atoms with van der Waals surface area (Å²) in [5.74, 6) is 0.714. The van der Waals surface area contributed by atoms with Crippen molar-refractivity contribution in [2.24, 2.45) is 0 Å². The zero-order valence-corrected chi connectivity index (χ0v) is 25.4. The van der Waals surface area contributed by atoms with Crippen LogP contribution in [0.3, 0.4) is 0 Å². The van der Waals surface area contributed by atoms with Crippen molar-refractivity contribution in [3.05, 3.63) is 151 Å². The summed E-state index contributed by atoms with van der Waals surface area (Å²) in [4.78, 5) is 10.1. The minimum Gasteiger partial charge on any atom is -0.309 e. The molecule has 0 N–H and O–H groups in total. The molecule has 0 saturated carbocycles. The van der Waals surface area contributed by atoms with E-state index in [0.717, 1.165) is 33.8 Å². The first-order valence-electron chi connectivity index (χ1n) is 15.2. The molecule has 45 heavy (non-hydrogen) atoms. The number of aryl methyl sites for hydroxylation is 1. The number of fused-ring (bicyclic) bond motifs is 7. The molecule has 0 saturated heterocycles. The minimum absolute atomic E-state index is 0.714. The molecule has 0 bridgehead atoms. The highest BCUT2D eigenvalue weighted by Crippen LogP contribution is 2.43. The first kappa shape index (κ1) is 25.9. The van der Waals surface area contributed by atoms with Crippen molar-refractivity contribution in [1.29, 1.82) is 0 Å². The van der Waals surface area contributed by atoms with Gasteiger partial charge in [-0.2, -0.15) is 0 Å². The van der Waals surface area contributed by atoms with Crippen molar-refractivity contribution in [2.45, 2.75) is 6.92 Å². The predicted molar refractivity (Wildman–Crippen MR) is 190 cm³/mol. The maximum Gasteiger partial charge on any atom is 0.160 e. The number of rotatable bonds is 4. The van der Waals surface area contributed by atoms with Crippen LogP contribution in [0.15, 0.2) is 146 Å². The largest absolute Gasteiger partial charge is 0.309 e. The molecule has 0 spiro atoms. The van der Waals surface area contributed by atoms with Gasteiger partial charge in [0.05, 0.1) is 22.4 Å². The Hall–Kier alpha value is -5.58. The van der Waals surface area contributed by atoms with Crippen LogP contribution in [0.2, 0.25) is 0 Å². The van der Waals surface area contributed by atoms with Gasteiger partial charge in [0.15, 0.2) is 5.82 Å². The molecule has 0 aliphatic heterocycles. The SMILES string of the molecule is Cc1ccc2c(c1)c1ccc3sc4ccccc4c3c1n2-c1ccc(-c2nc(-c3ccccc3)cc(-c3ccccc3)n2)cc1. The van der Waals surface area contributed by atoms with Crippen LogP contribution < -0.4 is 0 Å². The summed E-state index contributed by atoms with van der Waals surface area (Å²) >= 11 is 1.86. The van der Waals surface area contributed by atoms with E-state index in [2.05, 4.69) is 145 Å². The number of hydrogen-bond donors (Lipinski definition) is 0. The van der Waals surface area contributed by atoms with Gasteiger partial charge in [0.2, 0.25) is 0 Å². The normalized spacial score (nSPS) is 11.7.